The largest absolute Gasteiger partial charge is 0.466 e. The molecule has 0 spiro atoms. The van der Waals surface area contributed by atoms with Crippen LogP contribution >= 0.6 is 0 Å². The summed E-state index contributed by atoms with van der Waals surface area (Å²) in [5.74, 6) is -0.568. The van der Waals surface area contributed by atoms with Crippen molar-refractivity contribution >= 4 is 18.0 Å². The highest BCUT2D eigenvalue weighted by Crippen LogP contribution is 2.17. The van der Waals surface area contributed by atoms with Crippen LogP contribution < -0.4 is 10.6 Å². The number of nitrogens with one attached hydrogen (secondary N) is 2. The van der Waals surface area contributed by atoms with E-state index in [2.05, 4.69) is 10.6 Å². The normalized spacial score (nSPS) is 11.2. The van der Waals surface area contributed by atoms with Crippen LogP contribution in [0.5, 0.6) is 0 Å². The first-order valence-corrected chi connectivity index (χ1v) is 10.0. The Morgan fingerprint density at radius 1 is 0.933 bits per heavy atom. The average Bonchev–Trinajstić information content (AvgIpc) is 2.76. The molecule has 7 nitrogen and oxygen atoms in total. The number of alkyl carbamates (subject to hydrolysis) is 1. The summed E-state index contributed by atoms with van der Waals surface area (Å²) in [5, 5.41) is 5.50. The van der Waals surface area contributed by atoms with E-state index in [0.29, 0.717) is 19.6 Å². The summed E-state index contributed by atoms with van der Waals surface area (Å²) in [5.41, 5.74) is 1.74. The first-order chi connectivity index (χ1) is 14.6. The van der Waals surface area contributed by atoms with Gasteiger partial charge in [0.05, 0.1) is 19.1 Å². The predicted molar refractivity (Wildman–Crippen MR) is 112 cm³/mol. The zero-order valence-corrected chi connectivity index (χ0v) is 17.1. The number of carbonyl (C=O) groups is 3. The van der Waals surface area contributed by atoms with Crippen molar-refractivity contribution in [3.8, 4) is 0 Å². The summed E-state index contributed by atoms with van der Waals surface area (Å²) < 4.78 is 10.1. The van der Waals surface area contributed by atoms with Crippen molar-refractivity contribution in [1.29, 1.82) is 0 Å². The minimum absolute atomic E-state index is 0.0632. The zero-order chi connectivity index (χ0) is 21.6. The van der Waals surface area contributed by atoms with Gasteiger partial charge in [-0.3, -0.25) is 9.59 Å². The van der Waals surface area contributed by atoms with E-state index < -0.39 is 12.1 Å². The number of esters is 1. The number of carbonyl (C=O) groups excluding carboxylic acids is 3. The van der Waals surface area contributed by atoms with Gasteiger partial charge in [0.1, 0.15) is 6.61 Å². The molecule has 0 saturated heterocycles. The van der Waals surface area contributed by atoms with E-state index >= 15 is 0 Å². The van der Waals surface area contributed by atoms with E-state index in [1.54, 1.807) is 6.92 Å². The Balaban J connectivity index is 1.71. The van der Waals surface area contributed by atoms with Gasteiger partial charge in [0, 0.05) is 13.0 Å². The van der Waals surface area contributed by atoms with Crippen molar-refractivity contribution in [2.45, 2.75) is 38.8 Å². The van der Waals surface area contributed by atoms with Gasteiger partial charge in [-0.15, -0.1) is 0 Å². The van der Waals surface area contributed by atoms with Crippen molar-refractivity contribution in [1.82, 2.24) is 10.6 Å². The lowest BCUT2D eigenvalue weighted by Crippen LogP contribution is -2.31. The Labute approximate surface area is 176 Å². The van der Waals surface area contributed by atoms with Gasteiger partial charge in [0.25, 0.3) is 0 Å². The van der Waals surface area contributed by atoms with Crippen LogP contribution in [0.1, 0.15) is 43.4 Å². The van der Waals surface area contributed by atoms with Gasteiger partial charge in [-0.25, -0.2) is 4.79 Å². The summed E-state index contributed by atoms with van der Waals surface area (Å²) in [6.45, 7) is 2.54. The van der Waals surface area contributed by atoms with Gasteiger partial charge >= 0.3 is 12.1 Å². The van der Waals surface area contributed by atoms with Crippen LogP contribution in [-0.4, -0.2) is 31.1 Å². The molecule has 0 aliphatic carbocycles. The number of ether oxygens (including phenoxy) is 2. The zero-order valence-electron chi connectivity index (χ0n) is 17.1. The van der Waals surface area contributed by atoms with E-state index in [1.165, 1.54) is 0 Å². The second-order valence-electron chi connectivity index (χ2n) is 6.63. The van der Waals surface area contributed by atoms with Crippen molar-refractivity contribution in [3.05, 3.63) is 71.8 Å². The average molecular weight is 412 g/mol. The molecular formula is C23H28N2O5. The molecule has 2 aromatic carbocycles. The third-order valence-corrected chi connectivity index (χ3v) is 4.28. The fourth-order valence-corrected chi connectivity index (χ4v) is 2.80. The monoisotopic (exact) mass is 412 g/mol. The lowest BCUT2D eigenvalue weighted by atomic mass is 10.0. The van der Waals surface area contributed by atoms with Gasteiger partial charge in [-0.1, -0.05) is 60.7 Å². The Kier molecular flexibility index (Phi) is 9.92. The predicted octanol–water partition coefficient (Wildman–Crippen LogP) is 3.50. The molecule has 1 atom stereocenters. The molecule has 2 rings (SSSR count). The van der Waals surface area contributed by atoms with Gasteiger partial charge in [-0.05, 0) is 24.5 Å². The molecule has 0 heterocycles. The molecule has 0 saturated carbocycles. The van der Waals surface area contributed by atoms with Crippen molar-refractivity contribution in [2.75, 3.05) is 13.2 Å². The Hall–Kier alpha value is -3.35. The number of rotatable bonds is 11. The molecule has 0 aromatic heterocycles. The third kappa shape index (κ3) is 8.77. The highest BCUT2D eigenvalue weighted by molar-refractivity contribution is 5.78. The molecule has 0 fully saturated rings. The molecule has 0 bridgehead atoms. The fourth-order valence-electron chi connectivity index (χ4n) is 2.80. The minimum Gasteiger partial charge on any atom is -0.466 e. The van der Waals surface area contributed by atoms with Crippen LogP contribution in [0.4, 0.5) is 4.79 Å². The molecule has 2 N–H and O–H groups in total. The highest BCUT2D eigenvalue weighted by atomic mass is 16.5. The SMILES string of the molecule is CCOC(=O)CC(NC(=O)CCCNC(=O)OCc1ccccc1)c1ccccc1. The summed E-state index contributed by atoms with van der Waals surface area (Å²) in [4.78, 5) is 35.9. The Morgan fingerprint density at radius 3 is 2.27 bits per heavy atom. The number of benzene rings is 2. The maximum absolute atomic E-state index is 12.3. The smallest absolute Gasteiger partial charge is 0.407 e. The quantitative estimate of drug-likeness (QED) is 0.435. The van der Waals surface area contributed by atoms with E-state index in [1.807, 2.05) is 60.7 Å². The molecule has 0 aliphatic heterocycles. The molecule has 0 radical (unpaired) electrons. The Morgan fingerprint density at radius 2 is 1.60 bits per heavy atom. The molecule has 7 heteroatoms. The van der Waals surface area contributed by atoms with E-state index in [0.717, 1.165) is 11.1 Å². The minimum atomic E-state index is -0.524. The van der Waals surface area contributed by atoms with Gasteiger partial charge in [-0.2, -0.15) is 0 Å². The van der Waals surface area contributed by atoms with Crippen molar-refractivity contribution < 1.29 is 23.9 Å². The maximum atomic E-state index is 12.3. The fraction of sp³-hybridized carbons (Fsp3) is 0.348. The van der Waals surface area contributed by atoms with E-state index in [-0.39, 0.29) is 31.3 Å². The van der Waals surface area contributed by atoms with E-state index in [9.17, 15) is 14.4 Å². The van der Waals surface area contributed by atoms with Crippen molar-refractivity contribution in [2.24, 2.45) is 0 Å². The first-order valence-electron chi connectivity index (χ1n) is 10.0. The molecular weight excluding hydrogens is 384 g/mol. The molecule has 0 aliphatic rings. The topological polar surface area (TPSA) is 93.7 Å². The number of hydrogen-bond acceptors (Lipinski definition) is 5. The van der Waals surface area contributed by atoms with Crippen molar-refractivity contribution in [3.63, 3.8) is 0 Å². The van der Waals surface area contributed by atoms with Crippen LogP contribution in [0.25, 0.3) is 0 Å². The Bertz CT molecular complexity index is 796. The third-order valence-electron chi connectivity index (χ3n) is 4.28. The molecule has 1 unspecified atom stereocenters. The van der Waals surface area contributed by atoms with Crippen LogP contribution in [-0.2, 0) is 25.7 Å². The van der Waals surface area contributed by atoms with Gasteiger partial charge in [0.15, 0.2) is 0 Å². The second-order valence-corrected chi connectivity index (χ2v) is 6.63. The van der Waals surface area contributed by atoms with Crippen LogP contribution in [0.15, 0.2) is 60.7 Å². The lowest BCUT2D eigenvalue weighted by molar-refractivity contribution is -0.143. The van der Waals surface area contributed by atoms with E-state index in [4.69, 9.17) is 9.47 Å². The summed E-state index contributed by atoms with van der Waals surface area (Å²) in [6.07, 6.45) is 0.204. The summed E-state index contributed by atoms with van der Waals surface area (Å²) in [7, 11) is 0. The van der Waals surface area contributed by atoms with Crippen LogP contribution in [0, 0.1) is 0 Å². The molecule has 30 heavy (non-hydrogen) atoms. The van der Waals surface area contributed by atoms with Crippen LogP contribution in [0.3, 0.4) is 0 Å². The van der Waals surface area contributed by atoms with Crippen LogP contribution in [0.2, 0.25) is 0 Å². The van der Waals surface area contributed by atoms with Gasteiger partial charge in [0.2, 0.25) is 5.91 Å². The number of hydrogen-bond donors (Lipinski definition) is 2. The molecule has 2 aromatic rings. The molecule has 160 valence electrons. The maximum Gasteiger partial charge on any atom is 0.407 e. The van der Waals surface area contributed by atoms with Gasteiger partial charge < -0.3 is 20.1 Å². The molecule has 2 amide bonds. The second kappa shape index (κ2) is 13.0. The standard InChI is InChI=1S/C23H28N2O5/c1-2-29-22(27)16-20(19-12-7-4-8-13-19)25-21(26)14-9-15-24-23(28)30-17-18-10-5-3-6-11-18/h3-8,10-13,20H,2,9,14-17H2,1H3,(H,24,28)(H,25,26). The lowest BCUT2D eigenvalue weighted by Gasteiger charge is -2.18. The number of amides is 2. The highest BCUT2D eigenvalue weighted by Gasteiger charge is 2.19. The first kappa shape index (κ1) is 22.9. The summed E-state index contributed by atoms with van der Waals surface area (Å²) >= 11 is 0. The summed E-state index contributed by atoms with van der Waals surface area (Å²) in [6, 6.07) is 18.2.